The van der Waals surface area contributed by atoms with E-state index in [4.69, 9.17) is 0 Å². The van der Waals surface area contributed by atoms with Crippen LogP contribution in [0.2, 0.25) is 0 Å². The van der Waals surface area contributed by atoms with Gasteiger partial charge in [0.1, 0.15) is 6.04 Å². The molecule has 2 aliphatic heterocycles. The van der Waals surface area contributed by atoms with Crippen LogP contribution >= 0.6 is 11.8 Å². The lowest BCUT2D eigenvalue weighted by molar-refractivity contribution is -0.132. The van der Waals surface area contributed by atoms with Gasteiger partial charge in [0.25, 0.3) is 0 Å². The van der Waals surface area contributed by atoms with Gasteiger partial charge in [-0.3, -0.25) is 15.1 Å². The summed E-state index contributed by atoms with van der Waals surface area (Å²) in [5, 5.41) is 12.7. The fraction of sp³-hybridized carbons (Fsp3) is 0.350. The maximum atomic E-state index is 12.7. The summed E-state index contributed by atoms with van der Waals surface area (Å²) in [5.74, 6) is 0.800. The first-order chi connectivity index (χ1) is 12.8. The Morgan fingerprint density at radius 3 is 2.85 bits per heavy atom. The molecular formula is C20H20N4OS. The Balaban J connectivity index is 1.42. The van der Waals surface area contributed by atoms with Gasteiger partial charge in [-0.05, 0) is 30.5 Å². The third kappa shape index (κ3) is 3.33. The number of benzene rings is 1. The molecule has 1 N–H and O–H groups in total. The number of nitriles is 1. The molecule has 3 atom stereocenters. The van der Waals surface area contributed by atoms with Crippen LogP contribution in [0, 0.1) is 11.3 Å². The summed E-state index contributed by atoms with van der Waals surface area (Å²) in [6.45, 7) is 0.698. The van der Waals surface area contributed by atoms with E-state index in [-0.39, 0.29) is 23.4 Å². The highest BCUT2D eigenvalue weighted by atomic mass is 32.2. The summed E-state index contributed by atoms with van der Waals surface area (Å²) in [6.07, 6.45) is 3.50. The number of likely N-dealkylation sites (tertiary alicyclic amines) is 1. The van der Waals surface area contributed by atoms with Gasteiger partial charge >= 0.3 is 0 Å². The van der Waals surface area contributed by atoms with Crippen LogP contribution in [-0.4, -0.2) is 40.2 Å². The maximum Gasteiger partial charge on any atom is 0.241 e. The number of nitrogens with zero attached hydrogens (tertiary/aromatic N) is 3. The summed E-state index contributed by atoms with van der Waals surface area (Å²) in [6, 6.07) is 16.0. The molecule has 0 bridgehead atoms. The number of nitrogens with one attached hydrogen (secondary N) is 1. The second kappa shape index (κ2) is 7.48. The first-order valence-electron chi connectivity index (χ1n) is 8.85. The molecule has 1 aromatic heterocycles. The van der Waals surface area contributed by atoms with Crippen LogP contribution in [0.1, 0.15) is 23.8 Å². The molecule has 26 heavy (non-hydrogen) atoms. The molecule has 2 aromatic rings. The first kappa shape index (κ1) is 17.1. The van der Waals surface area contributed by atoms with Crippen molar-refractivity contribution >= 4 is 17.7 Å². The van der Waals surface area contributed by atoms with Crippen LogP contribution in [0.25, 0.3) is 11.3 Å². The highest BCUT2D eigenvalue weighted by Crippen LogP contribution is 2.34. The zero-order valence-corrected chi connectivity index (χ0v) is 15.2. The van der Waals surface area contributed by atoms with E-state index in [1.165, 1.54) is 0 Å². The van der Waals surface area contributed by atoms with Gasteiger partial charge < -0.3 is 4.90 Å². The number of thioether (sulfide) groups is 1. The van der Waals surface area contributed by atoms with E-state index < -0.39 is 0 Å². The largest absolute Gasteiger partial charge is 0.325 e. The van der Waals surface area contributed by atoms with Gasteiger partial charge in [-0.2, -0.15) is 5.26 Å². The molecule has 3 heterocycles. The van der Waals surface area contributed by atoms with Gasteiger partial charge in [-0.15, -0.1) is 11.8 Å². The minimum atomic E-state index is -0.258. The number of carbonyl (C=O) groups excluding carboxylic acids is 1. The Morgan fingerprint density at radius 1 is 1.27 bits per heavy atom. The molecule has 0 aliphatic carbocycles. The number of rotatable bonds is 3. The average Bonchev–Trinajstić information content (AvgIpc) is 3.38. The van der Waals surface area contributed by atoms with Gasteiger partial charge in [0.2, 0.25) is 5.91 Å². The van der Waals surface area contributed by atoms with Crippen molar-refractivity contribution in [3.63, 3.8) is 0 Å². The van der Waals surface area contributed by atoms with Crippen molar-refractivity contribution in [3.05, 3.63) is 54.2 Å². The summed E-state index contributed by atoms with van der Waals surface area (Å²) < 4.78 is 0. The molecule has 6 heteroatoms. The van der Waals surface area contributed by atoms with E-state index >= 15 is 0 Å². The smallest absolute Gasteiger partial charge is 0.241 e. The fourth-order valence-electron chi connectivity index (χ4n) is 3.53. The second-order valence-corrected chi connectivity index (χ2v) is 7.73. The van der Waals surface area contributed by atoms with Crippen molar-refractivity contribution in [1.82, 2.24) is 15.2 Å². The molecule has 1 unspecified atom stereocenters. The van der Waals surface area contributed by atoms with E-state index in [1.54, 1.807) is 22.9 Å². The molecule has 1 aromatic carbocycles. The van der Waals surface area contributed by atoms with Gasteiger partial charge in [0, 0.05) is 24.1 Å². The molecule has 4 rings (SSSR count). The molecule has 0 radical (unpaired) electrons. The Hall–Kier alpha value is -2.36. The highest BCUT2D eigenvalue weighted by Gasteiger charge is 2.37. The predicted octanol–water partition coefficient (Wildman–Crippen LogP) is 2.97. The van der Waals surface area contributed by atoms with Gasteiger partial charge in [-0.1, -0.05) is 30.3 Å². The third-order valence-electron chi connectivity index (χ3n) is 4.94. The second-order valence-electron chi connectivity index (χ2n) is 6.59. The fourth-order valence-corrected chi connectivity index (χ4v) is 4.77. The predicted molar refractivity (Wildman–Crippen MR) is 102 cm³/mol. The quantitative estimate of drug-likeness (QED) is 0.907. The standard InChI is InChI=1S/C20H20N4OS/c21-12-16-4-3-11-24(16)20(25)18-13-26-19(23-18)15-8-6-14(7-9-15)17-5-1-2-10-22-17/h1-2,5-10,16,18-19,23H,3-4,11,13H2/t16-,18-,19?/m0/s1. The number of pyridine rings is 1. The summed E-state index contributed by atoms with van der Waals surface area (Å²) in [5.41, 5.74) is 3.19. The lowest BCUT2D eigenvalue weighted by Gasteiger charge is -2.23. The van der Waals surface area contributed by atoms with Crippen LogP contribution in [0.5, 0.6) is 0 Å². The van der Waals surface area contributed by atoms with Crippen molar-refractivity contribution in [3.8, 4) is 17.3 Å². The van der Waals surface area contributed by atoms with E-state index in [0.29, 0.717) is 6.54 Å². The summed E-state index contributed by atoms with van der Waals surface area (Å²) in [4.78, 5) is 18.8. The minimum Gasteiger partial charge on any atom is -0.325 e. The first-order valence-corrected chi connectivity index (χ1v) is 9.90. The lowest BCUT2D eigenvalue weighted by atomic mass is 10.1. The Bertz CT molecular complexity index is 818. The molecule has 0 saturated carbocycles. The molecule has 5 nitrogen and oxygen atoms in total. The molecule has 1 amide bonds. The number of hydrogen-bond donors (Lipinski definition) is 1. The van der Waals surface area contributed by atoms with Crippen LogP contribution in [-0.2, 0) is 4.79 Å². The van der Waals surface area contributed by atoms with Crippen molar-refractivity contribution in [1.29, 1.82) is 5.26 Å². The monoisotopic (exact) mass is 364 g/mol. The summed E-state index contributed by atoms with van der Waals surface area (Å²) >= 11 is 1.74. The van der Waals surface area contributed by atoms with Crippen LogP contribution in [0.4, 0.5) is 0 Å². The Morgan fingerprint density at radius 2 is 2.12 bits per heavy atom. The third-order valence-corrected chi connectivity index (χ3v) is 6.21. The van der Waals surface area contributed by atoms with Crippen molar-refractivity contribution in [2.24, 2.45) is 0 Å². The zero-order valence-electron chi connectivity index (χ0n) is 14.3. The number of aromatic nitrogens is 1. The molecule has 132 valence electrons. The zero-order chi connectivity index (χ0) is 17.9. The topological polar surface area (TPSA) is 69.0 Å². The van der Waals surface area contributed by atoms with Crippen molar-refractivity contribution < 1.29 is 4.79 Å². The van der Waals surface area contributed by atoms with E-state index in [0.717, 1.165) is 35.4 Å². The van der Waals surface area contributed by atoms with Crippen molar-refractivity contribution in [2.75, 3.05) is 12.3 Å². The van der Waals surface area contributed by atoms with E-state index in [2.05, 4.69) is 40.6 Å². The molecule has 2 fully saturated rings. The van der Waals surface area contributed by atoms with Crippen LogP contribution in [0.15, 0.2) is 48.7 Å². The Kier molecular flexibility index (Phi) is 4.91. The van der Waals surface area contributed by atoms with E-state index in [9.17, 15) is 10.1 Å². The maximum absolute atomic E-state index is 12.7. The molecule has 0 spiro atoms. The average molecular weight is 364 g/mol. The van der Waals surface area contributed by atoms with Gasteiger partial charge in [-0.25, -0.2) is 0 Å². The normalized spacial score (nSPS) is 25.2. The van der Waals surface area contributed by atoms with Crippen molar-refractivity contribution in [2.45, 2.75) is 30.3 Å². The van der Waals surface area contributed by atoms with Crippen LogP contribution in [0.3, 0.4) is 0 Å². The highest BCUT2D eigenvalue weighted by molar-refractivity contribution is 7.99. The van der Waals surface area contributed by atoms with Gasteiger partial charge in [0.05, 0.1) is 23.2 Å². The number of hydrogen-bond acceptors (Lipinski definition) is 5. The van der Waals surface area contributed by atoms with E-state index in [1.807, 2.05) is 18.2 Å². The molecule has 2 aliphatic rings. The van der Waals surface area contributed by atoms with Gasteiger partial charge in [0.15, 0.2) is 0 Å². The SMILES string of the molecule is N#C[C@@H]1CCCN1C(=O)[C@@H]1CSC(c2ccc(-c3ccccn3)cc2)N1. The Labute approximate surface area is 157 Å². The molecule has 2 saturated heterocycles. The lowest BCUT2D eigenvalue weighted by Crippen LogP contribution is -2.46. The minimum absolute atomic E-state index is 0.0640. The summed E-state index contributed by atoms with van der Waals surface area (Å²) in [7, 11) is 0. The number of carbonyl (C=O) groups is 1. The number of amides is 1. The van der Waals surface area contributed by atoms with Crippen LogP contribution < -0.4 is 5.32 Å². The molecular weight excluding hydrogens is 344 g/mol.